The van der Waals surface area contributed by atoms with Crippen LogP contribution in [0.15, 0.2) is 77.2 Å². The highest BCUT2D eigenvalue weighted by Crippen LogP contribution is 2.39. The third-order valence-electron chi connectivity index (χ3n) is 4.63. The summed E-state index contributed by atoms with van der Waals surface area (Å²) in [4.78, 5) is 0.0821. The lowest BCUT2D eigenvalue weighted by molar-refractivity contribution is -0.0975. The Labute approximate surface area is 166 Å². The molecule has 154 valence electrons. The number of allylic oxidation sites excluding steroid dienone is 2. The largest absolute Gasteiger partial charge is 0.457 e. The van der Waals surface area contributed by atoms with Gasteiger partial charge < -0.3 is 16.2 Å². The van der Waals surface area contributed by atoms with Gasteiger partial charge in [0.2, 0.25) is 0 Å². The van der Waals surface area contributed by atoms with E-state index in [-0.39, 0.29) is 16.4 Å². The van der Waals surface area contributed by atoms with Gasteiger partial charge in [-0.1, -0.05) is 36.4 Å². The number of hydrogen-bond donors (Lipinski definition) is 2. The Bertz CT molecular complexity index is 1090. The maximum atomic E-state index is 13.2. The number of nitrogens with two attached hydrogens (primary N) is 2. The summed E-state index contributed by atoms with van der Waals surface area (Å²) in [5, 5.41) is 0. The normalized spacial score (nSPS) is 22.3. The molecule has 0 amide bonds. The van der Waals surface area contributed by atoms with E-state index in [2.05, 4.69) is 0 Å². The van der Waals surface area contributed by atoms with Gasteiger partial charge in [-0.3, -0.25) is 0 Å². The second-order valence-corrected chi connectivity index (χ2v) is 8.78. The number of sulfone groups is 1. The van der Waals surface area contributed by atoms with Crippen LogP contribution in [0.4, 0.5) is 13.2 Å². The van der Waals surface area contributed by atoms with Crippen LogP contribution in [-0.4, -0.2) is 26.9 Å². The first-order chi connectivity index (χ1) is 13.4. The number of benzene rings is 2. The number of rotatable bonds is 4. The summed E-state index contributed by atoms with van der Waals surface area (Å²) in [6, 6.07) is 10.6. The van der Waals surface area contributed by atoms with E-state index in [4.69, 9.17) is 16.2 Å². The van der Waals surface area contributed by atoms with Crippen LogP contribution < -0.4 is 16.2 Å². The van der Waals surface area contributed by atoms with Gasteiger partial charge >= 0.3 is 6.18 Å². The zero-order valence-corrected chi connectivity index (χ0v) is 16.2. The zero-order chi connectivity index (χ0) is 21.4. The Kier molecular flexibility index (Phi) is 5.33. The second-order valence-electron chi connectivity index (χ2n) is 6.77. The smallest absolute Gasteiger partial charge is 0.414 e. The molecule has 1 aliphatic rings. The minimum atomic E-state index is -4.60. The summed E-state index contributed by atoms with van der Waals surface area (Å²) in [6.45, 7) is 0. The van der Waals surface area contributed by atoms with Crippen molar-refractivity contribution in [2.24, 2.45) is 11.5 Å². The van der Waals surface area contributed by atoms with Crippen molar-refractivity contribution in [2.45, 2.75) is 22.7 Å². The van der Waals surface area contributed by atoms with Gasteiger partial charge in [0.05, 0.1) is 22.0 Å². The molecule has 2 unspecified atom stereocenters. The average Bonchev–Trinajstić information content (AvgIpc) is 2.63. The average molecular weight is 424 g/mol. The van der Waals surface area contributed by atoms with E-state index in [9.17, 15) is 21.6 Å². The van der Waals surface area contributed by atoms with Crippen molar-refractivity contribution < 1.29 is 26.3 Å². The van der Waals surface area contributed by atoms with E-state index in [1.54, 1.807) is 24.3 Å². The lowest BCUT2D eigenvalue weighted by Crippen LogP contribution is -2.55. The summed E-state index contributed by atoms with van der Waals surface area (Å²) in [5.74, 6) is 0.539. The summed E-state index contributed by atoms with van der Waals surface area (Å²) < 4.78 is 68.8. The van der Waals surface area contributed by atoms with Crippen LogP contribution in [0.3, 0.4) is 0 Å². The highest BCUT2D eigenvalue weighted by Gasteiger charge is 2.46. The Balaban J connectivity index is 1.93. The topological polar surface area (TPSA) is 95.4 Å². The highest BCUT2D eigenvalue weighted by atomic mass is 32.2. The molecule has 2 atom stereocenters. The predicted octanol–water partition coefficient (Wildman–Crippen LogP) is 3.42. The molecule has 0 heterocycles. The lowest BCUT2D eigenvalue weighted by Gasteiger charge is -2.37. The Morgan fingerprint density at radius 1 is 1.07 bits per heavy atom. The minimum absolute atomic E-state index is 0.0821. The molecule has 0 bridgehead atoms. The molecule has 0 saturated carbocycles. The third-order valence-corrected chi connectivity index (χ3v) is 5.74. The van der Waals surface area contributed by atoms with Crippen molar-refractivity contribution in [2.75, 3.05) is 6.26 Å². The number of halogens is 3. The molecule has 5 nitrogen and oxygen atoms in total. The SMILES string of the molecule is CS(=O)(=O)c1cccc(Oc2cccc(C3(N)C=CC=C(C(F)(F)F)C3N)c2)c1. The minimum Gasteiger partial charge on any atom is -0.457 e. The number of hydrogen-bond acceptors (Lipinski definition) is 5. The molecular weight excluding hydrogens is 405 g/mol. The Morgan fingerprint density at radius 2 is 1.69 bits per heavy atom. The van der Waals surface area contributed by atoms with Crippen LogP contribution in [0, 0.1) is 0 Å². The molecule has 4 N–H and O–H groups in total. The van der Waals surface area contributed by atoms with Gasteiger partial charge in [0.1, 0.15) is 11.5 Å². The number of alkyl halides is 3. The van der Waals surface area contributed by atoms with Crippen LogP contribution in [0.25, 0.3) is 0 Å². The van der Waals surface area contributed by atoms with Gasteiger partial charge in [-0.25, -0.2) is 8.42 Å². The number of ether oxygens (including phenoxy) is 1. The lowest BCUT2D eigenvalue weighted by atomic mass is 9.77. The maximum absolute atomic E-state index is 13.2. The summed E-state index contributed by atoms with van der Waals surface area (Å²) in [5.41, 5.74) is 9.96. The standard InChI is InChI=1S/C20H19F3N2O3S/c1-29(26,27)16-8-3-7-15(12-16)28-14-6-2-5-13(11-14)19(25)10-4-9-17(18(19)24)20(21,22)23/h2-12,18H,24-25H2,1H3. The molecule has 0 saturated heterocycles. The van der Waals surface area contributed by atoms with Gasteiger partial charge in [-0.2, -0.15) is 13.2 Å². The Hall–Kier alpha value is -2.62. The third kappa shape index (κ3) is 4.36. The van der Waals surface area contributed by atoms with E-state index in [0.29, 0.717) is 5.56 Å². The fraction of sp³-hybridized carbons (Fsp3) is 0.200. The molecule has 0 aromatic heterocycles. The highest BCUT2D eigenvalue weighted by molar-refractivity contribution is 7.90. The zero-order valence-electron chi connectivity index (χ0n) is 15.3. The van der Waals surface area contributed by atoms with Crippen LogP contribution in [0.1, 0.15) is 5.56 Å². The molecule has 9 heteroatoms. The first kappa shape index (κ1) is 21.1. The molecule has 2 aromatic carbocycles. The van der Waals surface area contributed by atoms with E-state index >= 15 is 0 Å². The molecule has 0 spiro atoms. The van der Waals surface area contributed by atoms with Gasteiger partial charge in [0.25, 0.3) is 0 Å². The fourth-order valence-electron chi connectivity index (χ4n) is 3.06. The molecule has 0 fully saturated rings. The van der Waals surface area contributed by atoms with E-state index in [0.717, 1.165) is 12.3 Å². The molecule has 3 rings (SSSR count). The molecule has 1 aliphatic carbocycles. The molecule has 0 radical (unpaired) electrons. The van der Waals surface area contributed by atoms with Crippen molar-refractivity contribution >= 4 is 9.84 Å². The van der Waals surface area contributed by atoms with Crippen molar-refractivity contribution in [3.8, 4) is 11.5 Å². The second kappa shape index (κ2) is 7.33. The van der Waals surface area contributed by atoms with Crippen LogP contribution in [0.5, 0.6) is 11.5 Å². The molecular formula is C20H19F3N2O3S. The molecule has 2 aromatic rings. The Morgan fingerprint density at radius 3 is 2.31 bits per heavy atom. The van der Waals surface area contributed by atoms with Crippen molar-refractivity contribution in [3.63, 3.8) is 0 Å². The maximum Gasteiger partial charge on any atom is 0.414 e. The monoisotopic (exact) mass is 424 g/mol. The van der Waals surface area contributed by atoms with Crippen LogP contribution in [0.2, 0.25) is 0 Å². The van der Waals surface area contributed by atoms with Crippen LogP contribution >= 0.6 is 0 Å². The van der Waals surface area contributed by atoms with E-state index in [1.165, 1.54) is 36.4 Å². The van der Waals surface area contributed by atoms with E-state index < -0.39 is 33.2 Å². The molecule has 0 aliphatic heterocycles. The van der Waals surface area contributed by atoms with Gasteiger partial charge in [0.15, 0.2) is 9.84 Å². The fourth-order valence-corrected chi connectivity index (χ4v) is 3.71. The predicted molar refractivity (Wildman–Crippen MR) is 103 cm³/mol. The van der Waals surface area contributed by atoms with Crippen molar-refractivity contribution in [1.29, 1.82) is 0 Å². The summed E-state index contributed by atoms with van der Waals surface area (Å²) in [7, 11) is -3.42. The quantitative estimate of drug-likeness (QED) is 0.784. The van der Waals surface area contributed by atoms with Crippen LogP contribution in [-0.2, 0) is 15.4 Å². The molecule has 29 heavy (non-hydrogen) atoms. The van der Waals surface area contributed by atoms with E-state index in [1.807, 2.05) is 0 Å². The van der Waals surface area contributed by atoms with Gasteiger partial charge in [0, 0.05) is 6.26 Å². The first-order valence-electron chi connectivity index (χ1n) is 8.51. The van der Waals surface area contributed by atoms with Crippen molar-refractivity contribution in [3.05, 3.63) is 77.9 Å². The van der Waals surface area contributed by atoms with Gasteiger partial charge in [-0.05, 0) is 35.9 Å². The van der Waals surface area contributed by atoms with Crippen molar-refractivity contribution in [1.82, 2.24) is 0 Å². The van der Waals surface area contributed by atoms with Gasteiger partial charge in [-0.15, -0.1) is 0 Å². The summed E-state index contributed by atoms with van der Waals surface area (Å²) >= 11 is 0. The first-order valence-corrected chi connectivity index (χ1v) is 10.4. The summed E-state index contributed by atoms with van der Waals surface area (Å²) in [6.07, 6.45) is 0.0286.